The minimum absolute atomic E-state index is 0.0930. The molecule has 1 aliphatic rings. The highest BCUT2D eigenvalue weighted by Crippen LogP contribution is 2.38. The third-order valence-electron chi connectivity index (χ3n) is 5.69. The van der Waals surface area contributed by atoms with Crippen molar-refractivity contribution in [2.75, 3.05) is 16.9 Å². The average molecular weight is 490 g/mol. The first-order valence-electron chi connectivity index (χ1n) is 11.0. The number of fused-ring (bicyclic) bond motifs is 3. The van der Waals surface area contributed by atoms with Crippen LogP contribution in [0.3, 0.4) is 0 Å². The fraction of sp³-hybridized carbons (Fsp3) is 0.240. The highest BCUT2D eigenvalue weighted by Gasteiger charge is 2.30. The Morgan fingerprint density at radius 2 is 1.83 bits per heavy atom. The van der Waals surface area contributed by atoms with E-state index in [1.165, 1.54) is 24.9 Å². The molecule has 0 aliphatic carbocycles. The van der Waals surface area contributed by atoms with E-state index in [9.17, 15) is 9.59 Å². The van der Waals surface area contributed by atoms with E-state index in [0.717, 1.165) is 33.2 Å². The lowest BCUT2D eigenvalue weighted by Crippen LogP contribution is -2.26. The summed E-state index contributed by atoms with van der Waals surface area (Å²) in [5.74, 6) is 1.03. The van der Waals surface area contributed by atoms with Crippen LogP contribution in [0.5, 0.6) is 0 Å². The van der Waals surface area contributed by atoms with Crippen molar-refractivity contribution in [3.8, 4) is 5.00 Å². The first-order chi connectivity index (χ1) is 16.7. The molecule has 0 atom stereocenters. The Labute approximate surface area is 207 Å². The van der Waals surface area contributed by atoms with Gasteiger partial charge in [0.2, 0.25) is 5.91 Å². The van der Waals surface area contributed by atoms with E-state index in [-0.39, 0.29) is 18.2 Å². The third kappa shape index (κ3) is 4.65. The van der Waals surface area contributed by atoms with E-state index >= 15 is 0 Å². The van der Waals surface area contributed by atoms with Crippen molar-refractivity contribution in [1.29, 1.82) is 0 Å². The molecule has 1 aromatic carbocycles. The zero-order chi connectivity index (χ0) is 25.3. The van der Waals surface area contributed by atoms with Gasteiger partial charge in [-0.15, -0.1) is 21.5 Å². The van der Waals surface area contributed by atoms with Gasteiger partial charge in [-0.2, -0.15) is 5.10 Å². The Bertz CT molecular complexity index is 1380. The van der Waals surface area contributed by atoms with Crippen LogP contribution in [0.15, 0.2) is 53.9 Å². The molecule has 0 saturated heterocycles. The number of Topliss-reactive ketones (excluding diaryl/α,β-unsaturated/α-hetero) is 1. The number of nitrogens with zero attached hydrogens (tertiary/aromatic N) is 5. The Morgan fingerprint density at radius 1 is 1.11 bits per heavy atom. The molecule has 1 amide bonds. The first-order valence-corrected chi connectivity index (χ1v) is 11.9. The van der Waals surface area contributed by atoms with Crippen LogP contribution >= 0.6 is 11.3 Å². The molecule has 180 valence electrons. The van der Waals surface area contributed by atoms with Gasteiger partial charge in [0.1, 0.15) is 16.5 Å². The number of carbonyl (C=O) groups excluding carboxylic acids is 2. The third-order valence-corrected chi connectivity index (χ3v) is 6.88. The Morgan fingerprint density at radius 3 is 2.46 bits per heavy atom. The fourth-order valence-corrected chi connectivity index (χ4v) is 5.02. The lowest BCUT2D eigenvalue weighted by Gasteiger charge is -2.19. The van der Waals surface area contributed by atoms with E-state index < -0.39 is 0 Å². The number of ketones is 1. The van der Waals surface area contributed by atoms with Gasteiger partial charge in [-0.05, 0) is 51.6 Å². The summed E-state index contributed by atoms with van der Waals surface area (Å²) in [6.45, 7) is 12.9. The van der Waals surface area contributed by atoms with Crippen molar-refractivity contribution in [1.82, 2.24) is 20.1 Å². The summed E-state index contributed by atoms with van der Waals surface area (Å²) in [5.41, 5.74) is 4.95. The molecular weight excluding hydrogens is 462 g/mol. The van der Waals surface area contributed by atoms with Crippen LogP contribution in [0.1, 0.15) is 41.2 Å². The molecule has 2 N–H and O–H groups in total. The summed E-state index contributed by atoms with van der Waals surface area (Å²) in [4.78, 5) is 25.0. The number of carbonyl (C=O) groups is 2. The van der Waals surface area contributed by atoms with Crippen molar-refractivity contribution in [2.24, 2.45) is 5.10 Å². The quantitative estimate of drug-likeness (QED) is 0.486. The normalized spacial score (nSPS) is 12.9. The van der Waals surface area contributed by atoms with Gasteiger partial charge in [0, 0.05) is 40.4 Å². The van der Waals surface area contributed by atoms with E-state index in [1.807, 2.05) is 35.8 Å². The lowest BCUT2D eigenvalue weighted by atomic mass is 10.00. The number of hydrogen-bond acceptors (Lipinski definition) is 8. The van der Waals surface area contributed by atoms with Crippen LogP contribution in [0.4, 0.5) is 11.6 Å². The lowest BCUT2D eigenvalue weighted by molar-refractivity contribution is -0.114. The fourth-order valence-electron chi connectivity index (χ4n) is 3.82. The maximum Gasteiger partial charge on any atom is 0.253 e. The van der Waals surface area contributed by atoms with E-state index in [1.54, 1.807) is 22.5 Å². The largest absolute Gasteiger partial charge is 0.368 e. The number of benzene rings is 1. The summed E-state index contributed by atoms with van der Waals surface area (Å²) in [5, 5.41) is 22.1. The van der Waals surface area contributed by atoms with Gasteiger partial charge in [-0.1, -0.05) is 18.7 Å². The smallest absolute Gasteiger partial charge is 0.253 e. The molecule has 3 aromatic rings. The molecule has 0 unspecified atom stereocenters. The number of hydrogen-bond donors (Lipinski definition) is 2. The molecule has 0 radical (unpaired) electrons. The van der Waals surface area contributed by atoms with Crippen molar-refractivity contribution >= 4 is 40.4 Å². The standard InChI is InChI=1S/C25H27N7O2S/c1-7-26-12-20(15(3)33)13-31-25-29-28-17(5)32(25)24-22(14(2)16(4)35-24)23(30-31)19-8-10-21(11-9-19)27-18(6)34/h7-12,26H,1,13H2,2-6H3,(H,27,34). The van der Waals surface area contributed by atoms with Crippen LogP contribution in [0, 0.1) is 20.8 Å². The minimum atomic E-state index is -0.132. The Balaban J connectivity index is 1.92. The number of aryl methyl sites for hydroxylation is 2. The molecular formula is C25H27N7O2S. The second-order valence-electron chi connectivity index (χ2n) is 8.21. The zero-order valence-corrected chi connectivity index (χ0v) is 21.2. The van der Waals surface area contributed by atoms with Crippen LogP contribution < -0.4 is 15.6 Å². The average Bonchev–Trinajstić information content (AvgIpc) is 3.28. The summed E-state index contributed by atoms with van der Waals surface area (Å²) in [6, 6.07) is 7.56. The summed E-state index contributed by atoms with van der Waals surface area (Å²) in [6.07, 6.45) is 3.13. The maximum atomic E-state index is 12.4. The molecule has 0 spiro atoms. The van der Waals surface area contributed by atoms with Gasteiger partial charge in [0.25, 0.3) is 5.95 Å². The van der Waals surface area contributed by atoms with E-state index in [4.69, 9.17) is 5.10 Å². The van der Waals surface area contributed by atoms with E-state index in [0.29, 0.717) is 17.2 Å². The number of anilines is 2. The van der Waals surface area contributed by atoms with Crippen molar-refractivity contribution in [3.05, 3.63) is 76.2 Å². The highest BCUT2D eigenvalue weighted by atomic mass is 32.1. The van der Waals surface area contributed by atoms with Gasteiger partial charge >= 0.3 is 0 Å². The number of aromatic nitrogens is 3. The number of rotatable bonds is 7. The molecule has 10 heteroatoms. The molecule has 9 nitrogen and oxygen atoms in total. The van der Waals surface area contributed by atoms with Gasteiger partial charge < -0.3 is 10.6 Å². The van der Waals surface area contributed by atoms with E-state index in [2.05, 4.69) is 41.3 Å². The number of nitrogens with one attached hydrogen (secondary N) is 2. The number of amides is 1. The second kappa shape index (κ2) is 9.67. The monoisotopic (exact) mass is 489 g/mol. The Hall–Kier alpha value is -4.05. The van der Waals surface area contributed by atoms with Gasteiger partial charge in [-0.3, -0.25) is 14.2 Å². The zero-order valence-electron chi connectivity index (χ0n) is 20.3. The van der Waals surface area contributed by atoms with Crippen molar-refractivity contribution in [3.63, 3.8) is 0 Å². The SMILES string of the molecule is C=CNC=C(CN1N=C(c2ccc(NC(C)=O)cc2)c2c(sc(C)c2C)-n2c(C)nnc21)C(C)=O. The topological polar surface area (TPSA) is 105 Å². The minimum Gasteiger partial charge on any atom is -0.368 e. The molecule has 3 heterocycles. The molecule has 4 rings (SSSR count). The van der Waals surface area contributed by atoms with Crippen LogP contribution in [-0.2, 0) is 9.59 Å². The highest BCUT2D eigenvalue weighted by molar-refractivity contribution is 7.15. The Kier molecular flexibility index (Phi) is 6.65. The van der Waals surface area contributed by atoms with Crippen LogP contribution in [0.2, 0.25) is 0 Å². The molecule has 1 aliphatic heterocycles. The molecule has 0 fully saturated rings. The molecule has 35 heavy (non-hydrogen) atoms. The predicted molar refractivity (Wildman–Crippen MR) is 139 cm³/mol. The summed E-state index contributed by atoms with van der Waals surface area (Å²) >= 11 is 1.65. The van der Waals surface area contributed by atoms with Crippen molar-refractivity contribution in [2.45, 2.75) is 34.6 Å². The van der Waals surface area contributed by atoms with Crippen LogP contribution in [-0.4, -0.2) is 38.7 Å². The van der Waals surface area contributed by atoms with Crippen LogP contribution in [0.25, 0.3) is 5.00 Å². The van der Waals surface area contributed by atoms with Crippen molar-refractivity contribution < 1.29 is 9.59 Å². The van der Waals surface area contributed by atoms with Gasteiger partial charge in [0.15, 0.2) is 5.78 Å². The van der Waals surface area contributed by atoms with Gasteiger partial charge in [0.05, 0.1) is 6.54 Å². The summed E-state index contributed by atoms with van der Waals surface area (Å²) < 4.78 is 1.99. The first kappa shape index (κ1) is 24.1. The summed E-state index contributed by atoms with van der Waals surface area (Å²) in [7, 11) is 0. The van der Waals surface area contributed by atoms with Gasteiger partial charge in [-0.25, -0.2) is 5.01 Å². The second-order valence-corrected chi connectivity index (χ2v) is 9.41. The number of hydrazone groups is 1. The molecule has 2 aromatic heterocycles. The number of thiophene rings is 1. The maximum absolute atomic E-state index is 12.4. The molecule has 0 bridgehead atoms. The molecule has 0 saturated carbocycles. The predicted octanol–water partition coefficient (Wildman–Crippen LogP) is 3.99.